The van der Waals surface area contributed by atoms with Crippen LogP contribution in [0.4, 0.5) is 4.39 Å². The summed E-state index contributed by atoms with van der Waals surface area (Å²) < 4.78 is 14.1. The number of hydrogen-bond donors (Lipinski definition) is 1. The minimum Gasteiger partial charge on any atom is -0.310 e. The topological polar surface area (TPSA) is 12.0 Å². The smallest absolute Gasteiger partial charge is 0.123 e. The second kappa shape index (κ2) is 6.32. The number of thiophene rings is 1. The van der Waals surface area contributed by atoms with E-state index >= 15 is 0 Å². The molecule has 1 nitrogen and oxygen atoms in total. The van der Waals surface area contributed by atoms with E-state index in [1.54, 1.807) is 23.5 Å². The molecule has 1 aromatic heterocycles. The zero-order chi connectivity index (χ0) is 13.0. The molecule has 0 saturated carbocycles. The van der Waals surface area contributed by atoms with Gasteiger partial charge in [-0.3, -0.25) is 0 Å². The SMILES string of the molecule is CCNC(Cc1ccc(Cl)s1)c1cccc(F)c1. The molecule has 0 aliphatic rings. The average Bonchev–Trinajstić information content (AvgIpc) is 2.74. The van der Waals surface area contributed by atoms with Gasteiger partial charge in [0.15, 0.2) is 0 Å². The van der Waals surface area contributed by atoms with Crippen molar-refractivity contribution in [2.75, 3.05) is 6.54 Å². The predicted octanol–water partition coefficient (Wildman–Crippen LogP) is 4.43. The second-order valence-electron chi connectivity index (χ2n) is 4.08. The maximum absolute atomic E-state index is 13.3. The molecule has 0 aliphatic heterocycles. The molecular formula is C14H15ClFNS. The first-order valence-corrected chi connectivity index (χ1v) is 7.11. The lowest BCUT2D eigenvalue weighted by molar-refractivity contribution is 0.546. The third-order valence-corrected chi connectivity index (χ3v) is 3.99. The van der Waals surface area contributed by atoms with E-state index in [-0.39, 0.29) is 11.9 Å². The van der Waals surface area contributed by atoms with Crippen molar-refractivity contribution in [3.63, 3.8) is 0 Å². The van der Waals surface area contributed by atoms with Crippen molar-refractivity contribution in [1.29, 1.82) is 0 Å². The molecule has 0 amide bonds. The van der Waals surface area contributed by atoms with Crippen LogP contribution in [0.2, 0.25) is 4.34 Å². The van der Waals surface area contributed by atoms with Crippen molar-refractivity contribution in [2.24, 2.45) is 0 Å². The lowest BCUT2D eigenvalue weighted by Crippen LogP contribution is -2.22. The number of benzene rings is 1. The molecule has 1 N–H and O–H groups in total. The normalized spacial score (nSPS) is 12.6. The summed E-state index contributed by atoms with van der Waals surface area (Å²) in [7, 11) is 0. The van der Waals surface area contributed by atoms with Gasteiger partial charge in [-0.05, 0) is 36.4 Å². The zero-order valence-corrected chi connectivity index (χ0v) is 11.7. The van der Waals surface area contributed by atoms with Gasteiger partial charge in [-0.25, -0.2) is 4.39 Å². The molecule has 2 rings (SSSR count). The van der Waals surface area contributed by atoms with Gasteiger partial charge in [0.2, 0.25) is 0 Å². The van der Waals surface area contributed by atoms with Gasteiger partial charge in [0.05, 0.1) is 4.34 Å². The Balaban J connectivity index is 2.17. The Bertz CT molecular complexity index is 512. The largest absolute Gasteiger partial charge is 0.310 e. The minimum absolute atomic E-state index is 0.125. The van der Waals surface area contributed by atoms with E-state index < -0.39 is 0 Å². The van der Waals surface area contributed by atoms with E-state index in [1.165, 1.54) is 10.9 Å². The lowest BCUT2D eigenvalue weighted by Gasteiger charge is -2.17. The fraction of sp³-hybridized carbons (Fsp3) is 0.286. The standard InChI is InChI=1S/C14H15ClFNS/c1-2-17-13(9-12-6-7-14(15)18-12)10-4-3-5-11(16)8-10/h3-8,13,17H,2,9H2,1H3. The zero-order valence-electron chi connectivity index (χ0n) is 10.1. The number of likely N-dealkylation sites (N-methyl/N-ethyl adjacent to an activating group) is 1. The molecule has 1 heterocycles. The van der Waals surface area contributed by atoms with Crippen molar-refractivity contribution in [3.05, 3.63) is 57.0 Å². The Morgan fingerprint density at radius 2 is 2.17 bits per heavy atom. The second-order valence-corrected chi connectivity index (χ2v) is 5.87. The van der Waals surface area contributed by atoms with Crippen molar-refractivity contribution in [2.45, 2.75) is 19.4 Å². The summed E-state index contributed by atoms with van der Waals surface area (Å²) in [6, 6.07) is 10.8. The molecular weight excluding hydrogens is 269 g/mol. The van der Waals surface area contributed by atoms with Gasteiger partial charge in [-0.15, -0.1) is 11.3 Å². The van der Waals surface area contributed by atoms with Gasteiger partial charge in [0, 0.05) is 17.3 Å². The first-order valence-electron chi connectivity index (χ1n) is 5.92. The maximum Gasteiger partial charge on any atom is 0.123 e. The molecule has 96 valence electrons. The summed E-state index contributed by atoms with van der Waals surface area (Å²) in [6.07, 6.45) is 0.828. The Morgan fingerprint density at radius 3 is 2.78 bits per heavy atom. The molecule has 1 unspecified atom stereocenters. The Morgan fingerprint density at radius 1 is 1.33 bits per heavy atom. The van der Waals surface area contributed by atoms with Gasteiger partial charge in [-0.2, -0.15) is 0 Å². The number of nitrogens with one attached hydrogen (secondary N) is 1. The van der Waals surface area contributed by atoms with Gasteiger partial charge < -0.3 is 5.32 Å². The Hall–Kier alpha value is -0.900. The molecule has 0 aliphatic carbocycles. The van der Waals surface area contributed by atoms with Crippen LogP contribution < -0.4 is 5.32 Å². The third kappa shape index (κ3) is 3.55. The van der Waals surface area contributed by atoms with Crippen LogP contribution in [0.3, 0.4) is 0 Å². The minimum atomic E-state index is -0.195. The number of halogens is 2. The molecule has 18 heavy (non-hydrogen) atoms. The fourth-order valence-corrected chi connectivity index (χ4v) is 3.07. The average molecular weight is 284 g/mol. The van der Waals surface area contributed by atoms with Crippen molar-refractivity contribution in [3.8, 4) is 0 Å². The van der Waals surface area contributed by atoms with Crippen LogP contribution in [0, 0.1) is 5.82 Å². The Labute approximate surface area is 116 Å². The first kappa shape index (κ1) is 13.5. The van der Waals surface area contributed by atoms with Crippen LogP contribution in [0.25, 0.3) is 0 Å². The first-order chi connectivity index (χ1) is 8.69. The molecule has 0 spiro atoms. The van der Waals surface area contributed by atoms with E-state index in [2.05, 4.69) is 5.32 Å². The maximum atomic E-state index is 13.3. The summed E-state index contributed by atoms with van der Waals surface area (Å²) in [4.78, 5) is 1.20. The molecule has 2 aromatic rings. The number of hydrogen-bond acceptors (Lipinski definition) is 2. The highest BCUT2D eigenvalue weighted by atomic mass is 35.5. The molecule has 1 atom stereocenters. The van der Waals surface area contributed by atoms with Gasteiger partial charge in [-0.1, -0.05) is 30.7 Å². The lowest BCUT2D eigenvalue weighted by atomic mass is 10.0. The molecule has 0 bridgehead atoms. The van der Waals surface area contributed by atoms with Gasteiger partial charge in [0.25, 0.3) is 0 Å². The van der Waals surface area contributed by atoms with Crippen LogP contribution >= 0.6 is 22.9 Å². The summed E-state index contributed by atoms with van der Waals surface area (Å²) in [5.41, 5.74) is 0.973. The van der Waals surface area contributed by atoms with E-state index in [0.29, 0.717) is 0 Å². The summed E-state index contributed by atoms with van der Waals surface area (Å²) in [6.45, 7) is 2.90. The molecule has 4 heteroatoms. The van der Waals surface area contributed by atoms with E-state index in [9.17, 15) is 4.39 Å². The summed E-state index contributed by atoms with van der Waals surface area (Å²) >= 11 is 7.50. The molecule has 0 saturated heterocycles. The Kier molecular flexibility index (Phi) is 4.75. The summed E-state index contributed by atoms with van der Waals surface area (Å²) in [5.74, 6) is -0.195. The highest BCUT2D eigenvalue weighted by Gasteiger charge is 2.13. The summed E-state index contributed by atoms with van der Waals surface area (Å²) in [5, 5.41) is 3.38. The molecule has 0 radical (unpaired) electrons. The predicted molar refractivity (Wildman–Crippen MR) is 75.9 cm³/mol. The number of rotatable bonds is 5. The van der Waals surface area contributed by atoms with Crippen molar-refractivity contribution in [1.82, 2.24) is 5.32 Å². The van der Waals surface area contributed by atoms with E-state index in [1.807, 2.05) is 25.1 Å². The van der Waals surface area contributed by atoms with Crippen LogP contribution in [0.1, 0.15) is 23.4 Å². The quantitative estimate of drug-likeness (QED) is 0.856. The van der Waals surface area contributed by atoms with Crippen LogP contribution in [-0.4, -0.2) is 6.54 Å². The molecule has 1 aromatic carbocycles. The highest BCUT2D eigenvalue weighted by Crippen LogP contribution is 2.26. The van der Waals surface area contributed by atoms with E-state index in [0.717, 1.165) is 22.9 Å². The van der Waals surface area contributed by atoms with Crippen molar-refractivity contribution >= 4 is 22.9 Å². The highest BCUT2D eigenvalue weighted by molar-refractivity contribution is 7.16. The third-order valence-electron chi connectivity index (χ3n) is 2.74. The fourth-order valence-electron chi connectivity index (χ4n) is 1.94. The monoisotopic (exact) mass is 283 g/mol. The van der Waals surface area contributed by atoms with Gasteiger partial charge >= 0.3 is 0 Å². The van der Waals surface area contributed by atoms with E-state index in [4.69, 9.17) is 11.6 Å². The van der Waals surface area contributed by atoms with Crippen LogP contribution in [-0.2, 0) is 6.42 Å². The molecule has 0 fully saturated rings. The van der Waals surface area contributed by atoms with Crippen LogP contribution in [0.15, 0.2) is 36.4 Å². The van der Waals surface area contributed by atoms with Crippen molar-refractivity contribution < 1.29 is 4.39 Å². The van der Waals surface area contributed by atoms with Gasteiger partial charge in [0.1, 0.15) is 5.82 Å². The van der Waals surface area contributed by atoms with Crippen LogP contribution in [0.5, 0.6) is 0 Å².